The quantitative estimate of drug-likeness (QED) is 0.613. The molecule has 0 atom stereocenters. The summed E-state index contributed by atoms with van der Waals surface area (Å²) in [4.78, 5) is 11.3. The second-order valence-corrected chi connectivity index (χ2v) is 4.84. The Bertz CT molecular complexity index is 236. The molecule has 0 spiro atoms. The minimum Gasteiger partial charge on any atom is -0.435 e. The summed E-state index contributed by atoms with van der Waals surface area (Å²) in [5.41, 5.74) is 0. The van der Waals surface area contributed by atoms with E-state index in [9.17, 15) is 4.79 Å². The van der Waals surface area contributed by atoms with Gasteiger partial charge in [0.1, 0.15) is 0 Å². The maximum Gasteiger partial charge on any atom is 0.310 e. The van der Waals surface area contributed by atoms with Crippen molar-refractivity contribution in [3.05, 3.63) is 12.3 Å². The Morgan fingerprint density at radius 1 is 0.833 bits per heavy atom. The number of ether oxygens (including phenoxy) is 2. The van der Waals surface area contributed by atoms with Gasteiger partial charge in [-0.3, -0.25) is 4.79 Å². The summed E-state index contributed by atoms with van der Waals surface area (Å²) in [6.07, 6.45) is 14.2. The highest BCUT2D eigenvalue weighted by molar-refractivity contribution is 5.69. The van der Waals surface area contributed by atoms with E-state index < -0.39 is 0 Å². The van der Waals surface area contributed by atoms with Crippen LogP contribution in [0.25, 0.3) is 0 Å². The van der Waals surface area contributed by atoms with Crippen molar-refractivity contribution < 1.29 is 14.3 Å². The highest BCUT2D eigenvalue weighted by Gasteiger charge is 2.00. The molecule has 104 valence electrons. The summed E-state index contributed by atoms with van der Waals surface area (Å²) in [7, 11) is 0. The number of esters is 1. The van der Waals surface area contributed by atoms with Crippen LogP contribution in [0.2, 0.25) is 0 Å². The Kier molecular flexibility index (Phi) is 9.54. The molecule has 0 saturated carbocycles. The van der Waals surface area contributed by atoms with Crippen molar-refractivity contribution in [1.29, 1.82) is 0 Å². The zero-order valence-corrected chi connectivity index (χ0v) is 11.4. The molecule has 1 heterocycles. The standard InChI is InChI=1S/C15H26O3/c16-15-11-7-4-2-1-3-5-8-12-17-13-9-6-10-14-18-15/h10,14H,1-9,11-13H2/b14-10+. The molecular formula is C15H26O3. The molecule has 0 aliphatic carbocycles. The van der Waals surface area contributed by atoms with Crippen LogP contribution >= 0.6 is 0 Å². The molecule has 0 saturated heterocycles. The Balaban J connectivity index is 2.18. The number of hydrogen-bond acceptors (Lipinski definition) is 3. The normalized spacial score (nSPS) is 23.9. The van der Waals surface area contributed by atoms with E-state index in [0.717, 1.165) is 38.9 Å². The van der Waals surface area contributed by atoms with E-state index >= 15 is 0 Å². The molecule has 0 N–H and O–H groups in total. The number of hydrogen-bond donors (Lipinski definition) is 0. The van der Waals surface area contributed by atoms with Crippen molar-refractivity contribution in [3.63, 3.8) is 0 Å². The monoisotopic (exact) mass is 254 g/mol. The fourth-order valence-corrected chi connectivity index (χ4v) is 2.01. The van der Waals surface area contributed by atoms with E-state index in [-0.39, 0.29) is 5.97 Å². The third kappa shape index (κ3) is 9.23. The molecule has 0 radical (unpaired) electrons. The van der Waals surface area contributed by atoms with Crippen LogP contribution in [0, 0.1) is 0 Å². The van der Waals surface area contributed by atoms with Gasteiger partial charge in [-0.1, -0.05) is 32.1 Å². The summed E-state index contributed by atoms with van der Waals surface area (Å²) in [5, 5.41) is 0. The van der Waals surface area contributed by atoms with Crippen molar-refractivity contribution >= 4 is 5.97 Å². The second kappa shape index (κ2) is 11.3. The van der Waals surface area contributed by atoms with Crippen LogP contribution in [-0.4, -0.2) is 19.2 Å². The zero-order chi connectivity index (χ0) is 12.9. The van der Waals surface area contributed by atoms with Crippen molar-refractivity contribution in [1.82, 2.24) is 0 Å². The average Bonchev–Trinajstić information content (AvgIpc) is 2.37. The average molecular weight is 254 g/mol. The van der Waals surface area contributed by atoms with Crippen LogP contribution < -0.4 is 0 Å². The molecule has 0 unspecified atom stereocenters. The zero-order valence-electron chi connectivity index (χ0n) is 11.4. The molecule has 0 aromatic heterocycles. The summed E-state index contributed by atoms with van der Waals surface area (Å²) in [5.74, 6) is -0.105. The lowest BCUT2D eigenvalue weighted by Crippen LogP contribution is -1.99. The molecule has 1 aliphatic rings. The molecule has 0 aromatic rings. The summed E-state index contributed by atoms with van der Waals surface area (Å²) in [6.45, 7) is 1.69. The third-order valence-electron chi connectivity index (χ3n) is 3.12. The highest BCUT2D eigenvalue weighted by atomic mass is 16.5. The first kappa shape index (κ1) is 15.2. The number of carbonyl (C=O) groups excluding carboxylic acids is 1. The van der Waals surface area contributed by atoms with Crippen molar-refractivity contribution in [2.45, 2.75) is 64.2 Å². The van der Waals surface area contributed by atoms with Gasteiger partial charge in [-0.15, -0.1) is 0 Å². The van der Waals surface area contributed by atoms with E-state index in [2.05, 4.69) is 0 Å². The first-order valence-corrected chi connectivity index (χ1v) is 7.32. The first-order valence-electron chi connectivity index (χ1n) is 7.32. The predicted molar refractivity (Wildman–Crippen MR) is 72.2 cm³/mol. The molecule has 0 amide bonds. The first-order chi connectivity index (χ1) is 8.89. The number of carbonyl (C=O) groups is 1. The van der Waals surface area contributed by atoms with Crippen LogP contribution in [0.4, 0.5) is 0 Å². The molecule has 0 bridgehead atoms. The van der Waals surface area contributed by atoms with E-state index in [4.69, 9.17) is 9.47 Å². The number of rotatable bonds is 0. The molecule has 1 rings (SSSR count). The highest BCUT2D eigenvalue weighted by Crippen LogP contribution is 2.09. The third-order valence-corrected chi connectivity index (χ3v) is 3.12. The van der Waals surface area contributed by atoms with Crippen LogP contribution in [0.15, 0.2) is 12.3 Å². The van der Waals surface area contributed by atoms with Gasteiger partial charge in [0, 0.05) is 19.6 Å². The van der Waals surface area contributed by atoms with Gasteiger partial charge in [0.2, 0.25) is 0 Å². The van der Waals surface area contributed by atoms with Crippen LogP contribution in [0.1, 0.15) is 64.2 Å². The van der Waals surface area contributed by atoms with Gasteiger partial charge in [0.25, 0.3) is 0 Å². The summed E-state index contributed by atoms with van der Waals surface area (Å²) < 4.78 is 10.5. The van der Waals surface area contributed by atoms with Gasteiger partial charge in [-0.25, -0.2) is 0 Å². The Labute approximate surface area is 111 Å². The summed E-state index contributed by atoms with van der Waals surface area (Å²) in [6, 6.07) is 0. The van der Waals surface area contributed by atoms with Gasteiger partial charge in [-0.2, -0.15) is 0 Å². The SMILES string of the molecule is O=C1CCCCCCCCCOCCC/C=C/O1. The van der Waals surface area contributed by atoms with Crippen molar-refractivity contribution in [2.75, 3.05) is 13.2 Å². The van der Waals surface area contributed by atoms with E-state index in [1.54, 1.807) is 0 Å². The smallest absolute Gasteiger partial charge is 0.310 e. The van der Waals surface area contributed by atoms with Gasteiger partial charge < -0.3 is 9.47 Å². The van der Waals surface area contributed by atoms with E-state index in [0.29, 0.717) is 6.42 Å². The Morgan fingerprint density at radius 2 is 1.50 bits per heavy atom. The fraction of sp³-hybridized carbons (Fsp3) is 0.800. The molecule has 0 aromatic carbocycles. The molecule has 3 heteroatoms. The Morgan fingerprint density at radius 3 is 2.33 bits per heavy atom. The number of cyclic esters (lactones) is 1. The lowest BCUT2D eigenvalue weighted by molar-refractivity contribution is -0.138. The molecule has 3 nitrogen and oxygen atoms in total. The molecule has 0 fully saturated rings. The second-order valence-electron chi connectivity index (χ2n) is 4.84. The maximum atomic E-state index is 11.3. The van der Waals surface area contributed by atoms with Crippen LogP contribution in [-0.2, 0) is 14.3 Å². The molecular weight excluding hydrogens is 228 g/mol. The Hall–Kier alpha value is -0.830. The fourth-order valence-electron chi connectivity index (χ4n) is 2.01. The van der Waals surface area contributed by atoms with Gasteiger partial charge >= 0.3 is 5.97 Å². The molecule has 1 aliphatic heterocycles. The van der Waals surface area contributed by atoms with Crippen LogP contribution in [0.5, 0.6) is 0 Å². The van der Waals surface area contributed by atoms with Gasteiger partial charge in [-0.05, 0) is 31.8 Å². The van der Waals surface area contributed by atoms with Gasteiger partial charge in [0.05, 0.1) is 6.26 Å². The van der Waals surface area contributed by atoms with Crippen LogP contribution in [0.3, 0.4) is 0 Å². The van der Waals surface area contributed by atoms with E-state index in [1.807, 2.05) is 6.08 Å². The predicted octanol–water partition coefficient (Wildman–Crippen LogP) is 3.97. The van der Waals surface area contributed by atoms with Crippen molar-refractivity contribution in [2.24, 2.45) is 0 Å². The maximum absolute atomic E-state index is 11.3. The summed E-state index contributed by atoms with van der Waals surface area (Å²) >= 11 is 0. The lowest BCUT2D eigenvalue weighted by Gasteiger charge is -2.03. The topological polar surface area (TPSA) is 35.5 Å². The number of allylic oxidation sites excluding steroid dienone is 1. The van der Waals surface area contributed by atoms with Crippen molar-refractivity contribution in [3.8, 4) is 0 Å². The minimum absolute atomic E-state index is 0.105. The van der Waals surface area contributed by atoms with Gasteiger partial charge in [0.15, 0.2) is 0 Å². The largest absolute Gasteiger partial charge is 0.435 e. The van der Waals surface area contributed by atoms with E-state index in [1.165, 1.54) is 38.4 Å². The lowest BCUT2D eigenvalue weighted by atomic mass is 10.1. The minimum atomic E-state index is -0.105. The molecule has 18 heavy (non-hydrogen) atoms.